The third-order valence-electron chi connectivity index (χ3n) is 4.40. The normalized spacial score (nSPS) is 15.3. The number of rotatable bonds is 6. The molecule has 0 bridgehead atoms. The van der Waals surface area contributed by atoms with Gasteiger partial charge in [0.25, 0.3) is 0 Å². The molecular formula is C19H30N2O2. The van der Waals surface area contributed by atoms with Crippen LogP contribution in [0, 0.1) is 13.8 Å². The van der Waals surface area contributed by atoms with Crippen molar-refractivity contribution in [2.45, 2.75) is 46.5 Å². The summed E-state index contributed by atoms with van der Waals surface area (Å²) in [7, 11) is 0. The van der Waals surface area contributed by atoms with Gasteiger partial charge in [-0.15, -0.1) is 0 Å². The highest BCUT2D eigenvalue weighted by Gasteiger charge is 2.15. The van der Waals surface area contributed by atoms with Gasteiger partial charge >= 0.3 is 0 Å². The molecule has 1 aliphatic heterocycles. The highest BCUT2D eigenvalue weighted by atomic mass is 16.5. The molecule has 0 atom stereocenters. The summed E-state index contributed by atoms with van der Waals surface area (Å²) in [5.41, 5.74) is 3.63. The van der Waals surface area contributed by atoms with Crippen molar-refractivity contribution < 1.29 is 9.53 Å². The lowest BCUT2D eigenvalue weighted by molar-refractivity contribution is -0.130. The summed E-state index contributed by atoms with van der Waals surface area (Å²) in [4.78, 5) is 14.4. The number of carbonyl (C=O) groups is 1. The van der Waals surface area contributed by atoms with E-state index < -0.39 is 0 Å². The second-order valence-electron chi connectivity index (χ2n) is 6.38. The van der Waals surface area contributed by atoms with E-state index in [0.29, 0.717) is 6.42 Å². The van der Waals surface area contributed by atoms with Crippen molar-refractivity contribution in [3.8, 4) is 5.75 Å². The predicted molar refractivity (Wildman–Crippen MR) is 94.1 cm³/mol. The number of nitrogens with zero attached hydrogens (tertiary/aromatic N) is 1. The van der Waals surface area contributed by atoms with E-state index in [1.54, 1.807) is 0 Å². The molecule has 0 aromatic heterocycles. The van der Waals surface area contributed by atoms with Crippen LogP contribution in [0.2, 0.25) is 0 Å². The van der Waals surface area contributed by atoms with Crippen LogP contribution in [0.25, 0.3) is 0 Å². The van der Waals surface area contributed by atoms with Crippen LogP contribution >= 0.6 is 0 Å². The van der Waals surface area contributed by atoms with Crippen molar-refractivity contribution in [3.05, 3.63) is 28.8 Å². The van der Waals surface area contributed by atoms with Gasteiger partial charge in [0.15, 0.2) is 0 Å². The van der Waals surface area contributed by atoms with Crippen molar-refractivity contribution in [2.24, 2.45) is 0 Å². The van der Waals surface area contributed by atoms with Gasteiger partial charge in [0, 0.05) is 26.1 Å². The number of nitrogens with one attached hydrogen (secondary N) is 1. The molecule has 4 heteroatoms. The van der Waals surface area contributed by atoms with Crippen LogP contribution in [-0.4, -0.2) is 43.6 Å². The highest BCUT2D eigenvalue weighted by molar-refractivity contribution is 5.76. The molecule has 1 amide bonds. The molecule has 0 spiro atoms. The minimum atomic E-state index is 0.275. The number of aryl methyl sites for hydroxylation is 3. The molecule has 0 radical (unpaired) electrons. The van der Waals surface area contributed by atoms with E-state index in [1.165, 1.54) is 11.1 Å². The predicted octanol–water partition coefficient (Wildman–Crippen LogP) is 2.85. The van der Waals surface area contributed by atoms with Gasteiger partial charge in [0.05, 0.1) is 6.61 Å². The number of hydrogen-bond donors (Lipinski definition) is 1. The SMILES string of the molecule is CCCOc1cc(C)c(CCC(=O)N2CCCNCC2)cc1C. The number of amides is 1. The molecule has 2 rings (SSSR count). The van der Waals surface area contributed by atoms with Crippen molar-refractivity contribution in [1.29, 1.82) is 0 Å². The zero-order chi connectivity index (χ0) is 16.7. The first kappa shape index (κ1) is 17.8. The Morgan fingerprint density at radius 1 is 1.22 bits per heavy atom. The quantitative estimate of drug-likeness (QED) is 0.877. The van der Waals surface area contributed by atoms with Crippen LogP contribution in [0.15, 0.2) is 12.1 Å². The molecule has 1 aromatic rings. The Morgan fingerprint density at radius 2 is 2.04 bits per heavy atom. The zero-order valence-electron chi connectivity index (χ0n) is 14.8. The summed E-state index contributed by atoms with van der Waals surface area (Å²) in [5, 5.41) is 3.34. The molecule has 0 aliphatic carbocycles. The van der Waals surface area contributed by atoms with Crippen molar-refractivity contribution >= 4 is 5.91 Å². The number of ether oxygens (including phenoxy) is 1. The highest BCUT2D eigenvalue weighted by Crippen LogP contribution is 2.24. The monoisotopic (exact) mass is 318 g/mol. The minimum Gasteiger partial charge on any atom is -0.493 e. The number of hydrogen-bond acceptors (Lipinski definition) is 3. The van der Waals surface area contributed by atoms with Crippen molar-refractivity contribution in [3.63, 3.8) is 0 Å². The Kier molecular flexibility index (Phi) is 6.90. The molecule has 1 aromatic carbocycles. The summed E-state index contributed by atoms with van der Waals surface area (Å²) in [6.45, 7) is 10.7. The van der Waals surface area contributed by atoms with E-state index in [1.807, 2.05) is 4.90 Å². The number of benzene rings is 1. The smallest absolute Gasteiger partial charge is 0.222 e. The van der Waals surface area contributed by atoms with Gasteiger partial charge in [0.2, 0.25) is 5.91 Å². The standard InChI is InChI=1S/C19H30N2O2/c1-4-12-23-18-14-15(2)17(13-16(18)3)6-7-19(22)21-10-5-8-20-9-11-21/h13-14,20H,4-12H2,1-3H3. The number of carbonyl (C=O) groups excluding carboxylic acids is 1. The first-order chi connectivity index (χ1) is 11.1. The molecule has 0 unspecified atom stereocenters. The Labute approximate surface area is 140 Å². The van der Waals surface area contributed by atoms with E-state index >= 15 is 0 Å². The van der Waals surface area contributed by atoms with Crippen LogP contribution in [0.4, 0.5) is 0 Å². The topological polar surface area (TPSA) is 41.6 Å². The first-order valence-electron chi connectivity index (χ1n) is 8.83. The van der Waals surface area contributed by atoms with Gasteiger partial charge in [-0.3, -0.25) is 4.79 Å². The van der Waals surface area contributed by atoms with Crippen LogP contribution in [0.3, 0.4) is 0 Å². The molecule has 128 valence electrons. The Balaban J connectivity index is 1.94. The molecule has 1 aliphatic rings. The Morgan fingerprint density at radius 3 is 2.83 bits per heavy atom. The fraction of sp³-hybridized carbons (Fsp3) is 0.632. The lowest BCUT2D eigenvalue weighted by atomic mass is 10.00. The maximum absolute atomic E-state index is 12.4. The van der Waals surface area contributed by atoms with Gasteiger partial charge < -0.3 is 15.0 Å². The average Bonchev–Trinajstić information content (AvgIpc) is 2.83. The maximum atomic E-state index is 12.4. The molecule has 1 heterocycles. The van der Waals surface area contributed by atoms with Gasteiger partial charge in [-0.2, -0.15) is 0 Å². The second kappa shape index (κ2) is 8.92. The molecule has 4 nitrogen and oxygen atoms in total. The lowest BCUT2D eigenvalue weighted by Gasteiger charge is -2.20. The Bertz CT molecular complexity index is 520. The summed E-state index contributed by atoms with van der Waals surface area (Å²) < 4.78 is 5.77. The summed E-state index contributed by atoms with van der Waals surface area (Å²) in [5.74, 6) is 1.25. The lowest BCUT2D eigenvalue weighted by Crippen LogP contribution is -2.34. The van der Waals surface area contributed by atoms with Crippen molar-refractivity contribution in [2.75, 3.05) is 32.8 Å². The summed E-state index contributed by atoms with van der Waals surface area (Å²) in [6, 6.07) is 4.29. The zero-order valence-corrected chi connectivity index (χ0v) is 14.8. The first-order valence-corrected chi connectivity index (χ1v) is 8.83. The Hall–Kier alpha value is -1.55. The second-order valence-corrected chi connectivity index (χ2v) is 6.38. The van der Waals surface area contributed by atoms with E-state index in [4.69, 9.17) is 4.74 Å². The third-order valence-corrected chi connectivity index (χ3v) is 4.40. The largest absolute Gasteiger partial charge is 0.493 e. The van der Waals surface area contributed by atoms with Gasteiger partial charge in [-0.25, -0.2) is 0 Å². The molecule has 1 fully saturated rings. The maximum Gasteiger partial charge on any atom is 0.222 e. The minimum absolute atomic E-state index is 0.275. The molecule has 0 saturated carbocycles. The summed E-state index contributed by atoms with van der Waals surface area (Å²) in [6.07, 6.45) is 3.46. The fourth-order valence-corrected chi connectivity index (χ4v) is 2.98. The van der Waals surface area contributed by atoms with E-state index in [0.717, 1.165) is 63.4 Å². The fourth-order valence-electron chi connectivity index (χ4n) is 2.98. The van der Waals surface area contributed by atoms with E-state index in [9.17, 15) is 4.79 Å². The summed E-state index contributed by atoms with van der Waals surface area (Å²) >= 11 is 0. The molecule has 23 heavy (non-hydrogen) atoms. The van der Waals surface area contributed by atoms with Crippen LogP contribution in [0.5, 0.6) is 5.75 Å². The van der Waals surface area contributed by atoms with E-state index in [2.05, 4.69) is 38.2 Å². The average molecular weight is 318 g/mol. The van der Waals surface area contributed by atoms with Crippen molar-refractivity contribution in [1.82, 2.24) is 10.2 Å². The molecular weight excluding hydrogens is 288 g/mol. The van der Waals surface area contributed by atoms with E-state index in [-0.39, 0.29) is 5.91 Å². The van der Waals surface area contributed by atoms with Gasteiger partial charge in [-0.05, 0) is 62.4 Å². The molecule has 1 saturated heterocycles. The van der Waals surface area contributed by atoms with Gasteiger partial charge in [-0.1, -0.05) is 13.0 Å². The third kappa shape index (κ3) is 5.24. The molecule has 1 N–H and O–H groups in total. The van der Waals surface area contributed by atoms with Crippen LogP contribution in [0.1, 0.15) is 42.9 Å². The van der Waals surface area contributed by atoms with Crippen LogP contribution in [-0.2, 0) is 11.2 Å². The van der Waals surface area contributed by atoms with Gasteiger partial charge in [0.1, 0.15) is 5.75 Å². The van der Waals surface area contributed by atoms with Crippen LogP contribution < -0.4 is 10.1 Å².